The van der Waals surface area contributed by atoms with Gasteiger partial charge in [0.05, 0.1) is 6.21 Å². The molecule has 0 saturated heterocycles. The Morgan fingerprint density at radius 1 is 1.57 bits per heavy atom. The van der Waals surface area contributed by atoms with Gasteiger partial charge in [0.1, 0.15) is 5.82 Å². The SMILES string of the molecule is N/C(=N\Cl)NN=Cc1cccc(F)c1. The van der Waals surface area contributed by atoms with Gasteiger partial charge in [0.2, 0.25) is 5.96 Å². The first-order chi connectivity index (χ1) is 6.72. The zero-order valence-electron chi connectivity index (χ0n) is 7.11. The van der Waals surface area contributed by atoms with Gasteiger partial charge in [0.15, 0.2) is 0 Å². The van der Waals surface area contributed by atoms with Crippen molar-refractivity contribution in [2.24, 2.45) is 15.3 Å². The summed E-state index contributed by atoms with van der Waals surface area (Å²) < 4.78 is 15.8. The summed E-state index contributed by atoms with van der Waals surface area (Å²) in [6.07, 6.45) is 1.40. The van der Waals surface area contributed by atoms with Crippen molar-refractivity contribution in [2.75, 3.05) is 0 Å². The van der Waals surface area contributed by atoms with Gasteiger partial charge in [-0.1, -0.05) is 12.1 Å². The van der Waals surface area contributed by atoms with E-state index in [1.807, 2.05) is 0 Å². The second kappa shape index (κ2) is 5.18. The molecule has 1 aromatic rings. The van der Waals surface area contributed by atoms with Gasteiger partial charge in [-0.3, -0.25) is 0 Å². The van der Waals surface area contributed by atoms with Crippen LogP contribution in [-0.2, 0) is 0 Å². The molecule has 0 heterocycles. The lowest BCUT2D eigenvalue weighted by molar-refractivity contribution is 0.627. The summed E-state index contributed by atoms with van der Waals surface area (Å²) in [4.78, 5) is 0. The van der Waals surface area contributed by atoms with Gasteiger partial charge in [0, 0.05) is 11.8 Å². The summed E-state index contributed by atoms with van der Waals surface area (Å²) in [6, 6.07) is 5.95. The minimum Gasteiger partial charge on any atom is -0.367 e. The quantitative estimate of drug-likeness (QED) is 0.442. The third-order valence-corrected chi connectivity index (χ3v) is 1.51. The van der Waals surface area contributed by atoms with E-state index >= 15 is 0 Å². The van der Waals surface area contributed by atoms with Gasteiger partial charge in [-0.25, -0.2) is 9.82 Å². The molecule has 0 bridgehead atoms. The fourth-order valence-electron chi connectivity index (χ4n) is 0.779. The molecule has 0 spiro atoms. The van der Waals surface area contributed by atoms with E-state index in [-0.39, 0.29) is 11.8 Å². The fourth-order valence-corrected chi connectivity index (χ4v) is 0.817. The normalized spacial score (nSPS) is 12.0. The highest BCUT2D eigenvalue weighted by Crippen LogP contribution is 1.99. The Kier molecular flexibility index (Phi) is 3.87. The van der Waals surface area contributed by atoms with Crippen molar-refractivity contribution < 1.29 is 4.39 Å². The van der Waals surface area contributed by atoms with Crippen molar-refractivity contribution in [3.8, 4) is 0 Å². The standard InChI is InChI=1S/C8H8ClFN4/c9-13-8(11)14-12-5-6-2-1-3-7(10)4-6/h1-5H,(H3,11,13,14). The second-order valence-electron chi connectivity index (χ2n) is 2.39. The second-order valence-corrected chi connectivity index (χ2v) is 2.56. The molecule has 6 heteroatoms. The van der Waals surface area contributed by atoms with Crippen LogP contribution >= 0.6 is 11.8 Å². The van der Waals surface area contributed by atoms with Crippen LogP contribution in [0.4, 0.5) is 4.39 Å². The van der Waals surface area contributed by atoms with Crippen LogP contribution < -0.4 is 11.2 Å². The first kappa shape index (κ1) is 10.5. The molecule has 0 saturated carbocycles. The van der Waals surface area contributed by atoms with Crippen molar-refractivity contribution in [3.63, 3.8) is 0 Å². The Morgan fingerprint density at radius 2 is 2.36 bits per heavy atom. The van der Waals surface area contributed by atoms with Crippen molar-refractivity contribution >= 4 is 24.0 Å². The maximum atomic E-state index is 12.7. The van der Waals surface area contributed by atoms with Gasteiger partial charge in [-0.2, -0.15) is 5.10 Å². The lowest BCUT2D eigenvalue weighted by Gasteiger charge is -1.95. The number of nitrogens with two attached hydrogens (primary N) is 1. The monoisotopic (exact) mass is 214 g/mol. The lowest BCUT2D eigenvalue weighted by atomic mass is 10.2. The van der Waals surface area contributed by atoms with E-state index in [1.165, 1.54) is 18.3 Å². The Labute approximate surface area is 85.4 Å². The molecule has 0 amide bonds. The van der Waals surface area contributed by atoms with Crippen LogP contribution in [0.2, 0.25) is 0 Å². The number of guanidine groups is 1. The molecule has 0 fully saturated rings. The van der Waals surface area contributed by atoms with E-state index in [4.69, 9.17) is 17.5 Å². The number of nitrogens with zero attached hydrogens (tertiary/aromatic N) is 2. The molecular formula is C8H8ClFN4. The summed E-state index contributed by atoms with van der Waals surface area (Å²) in [7, 11) is 0. The number of nitrogens with one attached hydrogen (secondary N) is 1. The topological polar surface area (TPSA) is 62.8 Å². The molecule has 1 aromatic carbocycles. The van der Waals surface area contributed by atoms with Crippen LogP contribution in [0.3, 0.4) is 0 Å². The maximum Gasteiger partial charge on any atom is 0.226 e. The van der Waals surface area contributed by atoms with Crippen LogP contribution in [0.1, 0.15) is 5.56 Å². The van der Waals surface area contributed by atoms with Gasteiger partial charge in [-0.05, 0) is 17.7 Å². The molecule has 0 radical (unpaired) electrons. The van der Waals surface area contributed by atoms with Crippen molar-refractivity contribution in [1.29, 1.82) is 0 Å². The molecule has 0 aliphatic rings. The summed E-state index contributed by atoms with van der Waals surface area (Å²) in [5, 5.41) is 3.67. The predicted octanol–water partition coefficient (Wildman–Crippen LogP) is 1.22. The maximum absolute atomic E-state index is 12.7. The van der Waals surface area contributed by atoms with Crippen molar-refractivity contribution in [1.82, 2.24) is 5.43 Å². The highest BCUT2D eigenvalue weighted by Gasteiger charge is 1.90. The van der Waals surface area contributed by atoms with Gasteiger partial charge >= 0.3 is 0 Å². The van der Waals surface area contributed by atoms with Crippen LogP contribution in [0.15, 0.2) is 33.9 Å². The Bertz CT molecular complexity index is 364. The van der Waals surface area contributed by atoms with Crippen LogP contribution in [-0.4, -0.2) is 12.2 Å². The van der Waals surface area contributed by atoms with Crippen LogP contribution in [0.25, 0.3) is 0 Å². The van der Waals surface area contributed by atoms with E-state index in [0.29, 0.717) is 5.56 Å². The number of rotatable bonds is 2. The molecule has 3 N–H and O–H groups in total. The number of benzene rings is 1. The smallest absolute Gasteiger partial charge is 0.226 e. The molecule has 0 aromatic heterocycles. The van der Waals surface area contributed by atoms with E-state index in [9.17, 15) is 4.39 Å². The zero-order chi connectivity index (χ0) is 10.4. The molecule has 74 valence electrons. The Morgan fingerprint density at radius 3 is 3.00 bits per heavy atom. The average molecular weight is 215 g/mol. The first-order valence-electron chi connectivity index (χ1n) is 3.71. The van der Waals surface area contributed by atoms with Gasteiger partial charge < -0.3 is 5.73 Å². The predicted molar refractivity (Wildman–Crippen MR) is 54.6 cm³/mol. The number of hydrazone groups is 1. The molecular weight excluding hydrogens is 207 g/mol. The molecule has 0 aliphatic heterocycles. The van der Waals surface area contributed by atoms with E-state index < -0.39 is 0 Å². The summed E-state index contributed by atoms with van der Waals surface area (Å²) >= 11 is 5.03. The van der Waals surface area contributed by atoms with Crippen molar-refractivity contribution in [3.05, 3.63) is 35.6 Å². The minimum atomic E-state index is -0.326. The Hall–Kier alpha value is -1.62. The Balaban J connectivity index is 2.60. The largest absolute Gasteiger partial charge is 0.367 e. The fraction of sp³-hybridized carbons (Fsp3) is 0. The summed E-state index contributed by atoms with van der Waals surface area (Å²) in [5.74, 6) is -0.354. The van der Waals surface area contributed by atoms with Gasteiger partial charge in [-0.15, -0.1) is 4.51 Å². The highest BCUT2D eigenvalue weighted by atomic mass is 35.5. The molecule has 0 aliphatic carbocycles. The minimum absolute atomic E-state index is 0.0284. The van der Waals surface area contributed by atoms with E-state index in [1.54, 1.807) is 12.1 Å². The first-order valence-corrected chi connectivity index (χ1v) is 4.05. The molecule has 1 rings (SSSR count). The molecule has 14 heavy (non-hydrogen) atoms. The van der Waals surface area contributed by atoms with E-state index in [0.717, 1.165) is 0 Å². The third-order valence-electron chi connectivity index (χ3n) is 1.33. The lowest BCUT2D eigenvalue weighted by Crippen LogP contribution is -2.26. The van der Waals surface area contributed by atoms with Crippen LogP contribution in [0.5, 0.6) is 0 Å². The average Bonchev–Trinajstić information content (AvgIpc) is 2.17. The molecule has 0 unspecified atom stereocenters. The molecule has 4 nitrogen and oxygen atoms in total. The summed E-state index contributed by atoms with van der Waals surface area (Å²) in [5.41, 5.74) is 8.14. The number of halogens is 2. The highest BCUT2D eigenvalue weighted by molar-refractivity contribution is 6.19. The summed E-state index contributed by atoms with van der Waals surface area (Å²) in [6.45, 7) is 0. The molecule has 0 atom stereocenters. The third kappa shape index (κ3) is 3.40. The number of hydrogen-bond donors (Lipinski definition) is 2. The van der Waals surface area contributed by atoms with Crippen molar-refractivity contribution in [2.45, 2.75) is 0 Å². The van der Waals surface area contributed by atoms with Gasteiger partial charge in [0.25, 0.3) is 0 Å². The van der Waals surface area contributed by atoms with E-state index in [2.05, 4.69) is 15.0 Å². The number of hydrogen-bond acceptors (Lipinski definition) is 2. The van der Waals surface area contributed by atoms with Crippen LogP contribution in [0, 0.1) is 5.82 Å². The zero-order valence-corrected chi connectivity index (χ0v) is 7.87.